The van der Waals surface area contributed by atoms with Crippen LogP contribution in [-0.4, -0.2) is 18.0 Å². The van der Waals surface area contributed by atoms with Crippen molar-refractivity contribution in [2.24, 2.45) is 0 Å². The minimum Gasteiger partial charge on any atom is -0.496 e. The molecule has 0 saturated carbocycles. The molecule has 0 aliphatic carbocycles. The Labute approximate surface area is 166 Å². The van der Waals surface area contributed by atoms with E-state index < -0.39 is 0 Å². The smallest absolute Gasteiger partial charge is 0.261 e. The number of benzene rings is 2. The van der Waals surface area contributed by atoms with Crippen LogP contribution in [0.15, 0.2) is 57.7 Å². The largest absolute Gasteiger partial charge is 0.496 e. The van der Waals surface area contributed by atoms with Gasteiger partial charge in [0.15, 0.2) is 5.13 Å². The van der Waals surface area contributed by atoms with Gasteiger partial charge in [-0.1, -0.05) is 24.3 Å². The zero-order valence-corrected chi connectivity index (χ0v) is 16.9. The van der Waals surface area contributed by atoms with E-state index in [1.807, 2.05) is 53.9 Å². The number of hydrogen-bond acceptors (Lipinski definition) is 5. The van der Waals surface area contributed by atoms with Crippen LogP contribution in [0.25, 0.3) is 21.3 Å². The average molecular weight is 445 g/mol. The molecule has 0 saturated heterocycles. The van der Waals surface area contributed by atoms with Crippen LogP contribution < -0.4 is 10.1 Å². The van der Waals surface area contributed by atoms with Crippen LogP contribution >= 0.6 is 38.6 Å². The second-order valence-corrected chi connectivity index (χ2v) is 8.82. The van der Waals surface area contributed by atoms with Crippen molar-refractivity contribution in [3.05, 3.63) is 63.3 Å². The number of fused-ring (bicyclic) bond motifs is 1. The topological polar surface area (TPSA) is 51.2 Å². The highest BCUT2D eigenvalue weighted by atomic mass is 79.9. The van der Waals surface area contributed by atoms with Crippen molar-refractivity contribution >= 4 is 60.4 Å². The van der Waals surface area contributed by atoms with Crippen LogP contribution in [0.2, 0.25) is 0 Å². The molecule has 0 radical (unpaired) electrons. The van der Waals surface area contributed by atoms with Crippen LogP contribution in [-0.2, 0) is 0 Å². The number of anilines is 1. The highest BCUT2D eigenvalue weighted by Gasteiger charge is 2.16. The monoisotopic (exact) mass is 444 g/mol. The summed E-state index contributed by atoms with van der Waals surface area (Å²) in [5, 5.41) is 7.39. The van der Waals surface area contributed by atoms with Gasteiger partial charge in [0.25, 0.3) is 5.91 Å². The predicted molar refractivity (Wildman–Crippen MR) is 112 cm³/mol. The SMILES string of the molecule is COc1cc2ccccc2cc1C(=O)Nc1nc(-c2ccc(Br)s2)cs1. The first kappa shape index (κ1) is 17.2. The molecule has 0 bridgehead atoms. The number of nitrogens with zero attached hydrogens (tertiary/aromatic N) is 1. The Hall–Kier alpha value is -2.22. The maximum absolute atomic E-state index is 12.8. The number of ether oxygens (including phenoxy) is 1. The van der Waals surface area contributed by atoms with E-state index in [-0.39, 0.29) is 5.91 Å². The molecule has 2 aromatic heterocycles. The molecule has 1 amide bonds. The molecule has 0 aliphatic rings. The summed E-state index contributed by atoms with van der Waals surface area (Å²) < 4.78 is 6.46. The fraction of sp³-hybridized carbons (Fsp3) is 0.0526. The number of nitrogens with one attached hydrogen (secondary N) is 1. The third-order valence-electron chi connectivity index (χ3n) is 3.86. The Balaban J connectivity index is 1.62. The van der Waals surface area contributed by atoms with Gasteiger partial charge >= 0.3 is 0 Å². The van der Waals surface area contributed by atoms with Crippen molar-refractivity contribution < 1.29 is 9.53 Å². The molecule has 2 heterocycles. The molecule has 130 valence electrons. The average Bonchev–Trinajstić information content (AvgIpc) is 3.29. The van der Waals surface area contributed by atoms with Crippen molar-refractivity contribution in [1.82, 2.24) is 4.98 Å². The highest BCUT2D eigenvalue weighted by Crippen LogP contribution is 2.33. The van der Waals surface area contributed by atoms with Crippen molar-refractivity contribution in [1.29, 1.82) is 0 Å². The van der Waals surface area contributed by atoms with E-state index >= 15 is 0 Å². The number of hydrogen-bond donors (Lipinski definition) is 1. The summed E-state index contributed by atoms with van der Waals surface area (Å²) in [6, 6.07) is 15.6. The number of carbonyl (C=O) groups excluding carboxylic acids is 1. The summed E-state index contributed by atoms with van der Waals surface area (Å²) >= 11 is 6.46. The molecule has 7 heteroatoms. The number of amides is 1. The van der Waals surface area contributed by atoms with Gasteiger partial charge in [0.05, 0.1) is 27.0 Å². The number of halogens is 1. The lowest BCUT2D eigenvalue weighted by Crippen LogP contribution is -2.13. The predicted octanol–water partition coefficient (Wildman–Crippen LogP) is 6.05. The second kappa shape index (κ2) is 7.19. The quantitative estimate of drug-likeness (QED) is 0.416. The lowest BCUT2D eigenvalue weighted by Gasteiger charge is -2.10. The van der Waals surface area contributed by atoms with Crippen molar-refractivity contribution in [2.75, 3.05) is 12.4 Å². The molecule has 1 N–H and O–H groups in total. The van der Waals surface area contributed by atoms with E-state index in [4.69, 9.17) is 4.74 Å². The highest BCUT2D eigenvalue weighted by molar-refractivity contribution is 9.11. The van der Waals surface area contributed by atoms with E-state index in [0.29, 0.717) is 16.4 Å². The standard InChI is InChI=1S/C19H13BrN2O2S2/c1-24-15-9-12-5-3-2-4-11(12)8-13(15)18(23)22-19-21-14(10-25-19)16-6-7-17(20)26-16/h2-10H,1H3,(H,21,22,23). The molecule has 4 rings (SSSR count). The number of thiophene rings is 1. The summed E-state index contributed by atoms with van der Waals surface area (Å²) in [5.74, 6) is 0.307. The van der Waals surface area contributed by atoms with Crippen LogP contribution in [0.3, 0.4) is 0 Å². The van der Waals surface area contributed by atoms with Crippen molar-refractivity contribution in [2.45, 2.75) is 0 Å². The molecular formula is C19H13BrN2O2S2. The minimum atomic E-state index is -0.235. The first-order valence-corrected chi connectivity index (χ1v) is 10.2. The van der Waals surface area contributed by atoms with E-state index in [0.717, 1.165) is 25.1 Å². The van der Waals surface area contributed by atoms with Crippen LogP contribution in [0.1, 0.15) is 10.4 Å². The Morgan fingerprint density at radius 1 is 1.15 bits per heavy atom. The number of thiazole rings is 1. The van der Waals surface area contributed by atoms with Crippen LogP contribution in [0.5, 0.6) is 5.75 Å². The molecule has 0 aliphatic heterocycles. The molecule has 0 fully saturated rings. The first-order valence-electron chi connectivity index (χ1n) is 7.73. The van der Waals surface area contributed by atoms with Gasteiger partial charge in [-0.3, -0.25) is 10.1 Å². The van der Waals surface area contributed by atoms with Crippen molar-refractivity contribution in [3.63, 3.8) is 0 Å². The van der Waals surface area contributed by atoms with Gasteiger partial charge in [0.1, 0.15) is 5.75 Å². The third-order valence-corrected chi connectivity index (χ3v) is 6.27. The Morgan fingerprint density at radius 2 is 1.92 bits per heavy atom. The van der Waals surface area contributed by atoms with Gasteiger partial charge in [-0.15, -0.1) is 22.7 Å². The van der Waals surface area contributed by atoms with Crippen molar-refractivity contribution in [3.8, 4) is 16.3 Å². The summed E-state index contributed by atoms with van der Waals surface area (Å²) in [6.45, 7) is 0. The lowest BCUT2D eigenvalue weighted by atomic mass is 10.1. The molecule has 0 unspecified atom stereocenters. The van der Waals surface area contributed by atoms with Gasteiger partial charge in [0.2, 0.25) is 0 Å². The third kappa shape index (κ3) is 3.38. The summed E-state index contributed by atoms with van der Waals surface area (Å²) in [7, 11) is 1.57. The van der Waals surface area contributed by atoms with Gasteiger partial charge in [-0.25, -0.2) is 4.98 Å². The second-order valence-electron chi connectivity index (χ2n) is 5.50. The molecule has 4 aromatic rings. The van der Waals surface area contributed by atoms with Crippen LogP contribution in [0.4, 0.5) is 5.13 Å². The van der Waals surface area contributed by atoms with Gasteiger partial charge in [-0.05, 0) is 51.0 Å². The number of methoxy groups -OCH3 is 1. The lowest BCUT2D eigenvalue weighted by molar-refractivity contribution is 0.102. The maximum atomic E-state index is 12.8. The maximum Gasteiger partial charge on any atom is 0.261 e. The van der Waals surface area contributed by atoms with E-state index in [9.17, 15) is 4.79 Å². The zero-order chi connectivity index (χ0) is 18.1. The fourth-order valence-corrected chi connectivity index (χ4v) is 4.75. The minimum absolute atomic E-state index is 0.235. The van der Waals surface area contributed by atoms with Gasteiger partial charge in [-0.2, -0.15) is 0 Å². The normalized spacial score (nSPS) is 10.8. The Morgan fingerprint density at radius 3 is 2.62 bits per heavy atom. The molecule has 0 atom stereocenters. The zero-order valence-electron chi connectivity index (χ0n) is 13.7. The van der Waals surface area contributed by atoms with E-state index in [1.54, 1.807) is 18.4 Å². The number of aromatic nitrogens is 1. The Kier molecular flexibility index (Phi) is 4.76. The Bertz CT molecular complexity index is 1100. The van der Waals surface area contributed by atoms with Gasteiger partial charge in [0, 0.05) is 5.38 Å². The molecule has 26 heavy (non-hydrogen) atoms. The first-order chi connectivity index (χ1) is 12.6. The summed E-state index contributed by atoms with van der Waals surface area (Å²) in [5.41, 5.74) is 1.34. The molecule has 4 nitrogen and oxygen atoms in total. The molecular weight excluding hydrogens is 432 g/mol. The summed E-state index contributed by atoms with van der Waals surface area (Å²) in [6.07, 6.45) is 0. The summed E-state index contributed by atoms with van der Waals surface area (Å²) in [4.78, 5) is 18.3. The van der Waals surface area contributed by atoms with Gasteiger partial charge < -0.3 is 4.74 Å². The number of rotatable bonds is 4. The molecule has 0 spiro atoms. The van der Waals surface area contributed by atoms with Crippen LogP contribution in [0, 0.1) is 0 Å². The van der Waals surface area contributed by atoms with E-state index in [1.165, 1.54) is 11.3 Å². The number of carbonyl (C=O) groups is 1. The van der Waals surface area contributed by atoms with E-state index in [2.05, 4.69) is 26.2 Å². The molecule has 2 aromatic carbocycles. The fourth-order valence-electron chi connectivity index (χ4n) is 2.63.